The third-order valence-electron chi connectivity index (χ3n) is 3.03. The average molecular weight is 255 g/mol. The highest BCUT2D eigenvalue weighted by Gasteiger charge is 2.20. The van der Waals surface area contributed by atoms with Gasteiger partial charge >= 0.3 is 0 Å². The minimum Gasteiger partial charge on any atom is -0.355 e. The van der Waals surface area contributed by atoms with Crippen LogP contribution in [0, 0.1) is 5.41 Å². The molecule has 5 nitrogen and oxygen atoms in total. The van der Waals surface area contributed by atoms with E-state index < -0.39 is 5.41 Å². The summed E-state index contributed by atoms with van der Waals surface area (Å²) in [6, 6.07) is 0.415. The van der Waals surface area contributed by atoms with Crippen LogP contribution in [0.25, 0.3) is 0 Å². The van der Waals surface area contributed by atoms with Gasteiger partial charge in [0.1, 0.15) is 0 Å². The fraction of sp³-hybridized carbons (Fsp3) is 0.846. The second-order valence-electron chi connectivity index (χ2n) is 5.85. The Morgan fingerprint density at radius 1 is 1.28 bits per heavy atom. The minimum atomic E-state index is -0.399. The van der Waals surface area contributed by atoms with Crippen LogP contribution in [0.5, 0.6) is 0 Å². The second-order valence-corrected chi connectivity index (χ2v) is 5.85. The summed E-state index contributed by atoms with van der Waals surface area (Å²) in [6.45, 7) is 7.70. The molecule has 104 valence electrons. The normalized spacial score (nSPS) is 19.6. The maximum absolute atomic E-state index is 11.6. The van der Waals surface area contributed by atoms with Gasteiger partial charge in [-0.05, 0) is 19.4 Å². The molecule has 0 radical (unpaired) electrons. The second kappa shape index (κ2) is 6.73. The summed E-state index contributed by atoms with van der Waals surface area (Å²) >= 11 is 0. The number of carbonyl (C=O) groups excluding carboxylic acids is 2. The molecule has 0 aromatic carbocycles. The number of hydrogen-bond donors (Lipinski definition) is 3. The van der Waals surface area contributed by atoms with E-state index in [-0.39, 0.29) is 11.8 Å². The summed E-state index contributed by atoms with van der Waals surface area (Å²) in [5, 5.41) is 8.97. The number of hydrogen-bond acceptors (Lipinski definition) is 3. The molecule has 1 atom stereocenters. The maximum atomic E-state index is 11.6. The summed E-state index contributed by atoms with van der Waals surface area (Å²) < 4.78 is 0. The molecule has 1 fully saturated rings. The van der Waals surface area contributed by atoms with Crippen LogP contribution in [0.15, 0.2) is 0 Å². The molecule has 5 heteroatoms. The molecule has 3 N–H and O–H groups in total. The van der Waals surface area contributed by atoms with E-state index in [0.29, 0.717) is 25.6 Å². The molecule has 1 aliphatic heterocycles. The highest BCUT2D eigenvalue weighted by Crippen LogP contribution is 2.12. The molecule has 18 heavy (non-hydrogen) atoms. The molecular formula is C13H25N3O2. The van der Waals surface area contributed by atoms with Crippen LogP contribution in [0.1, 0.15) is 40.0 Å². The van der Waals surface area contributed by atoms with Gasteiger partial charge in [0.25, 0.3) is 0 Å². The Labute approximate surface area is 109 Å². The van der Waals surface area contributed by atoms with E-state index in [9.17, 15) is 9.59 Å². The summed E-state index contributed by atoms with van der Waals surface area (Å²) in [4.78, 5) is 23.1. The van der Waals surface area contributed by atoms with Gasteiger partial charge in [0.05, 0.1) is 0 Å². The summed E-state index contributed by atoms with van der Waals surface area (Å²) in [7, 11) is 0. The zero-order valence-corrected chi connectivity index (χ0v) is 11.6. The zero-order chi connectivity index (χ0) is 13.6. The van der Waals surface area contributed by atoms with Gasteiger partial charge in [0.15, 0.2) is 0 Å². The molecule has 1 saturated heterocycles. The fourth-order valence-corrected chi connectivity index (χ4v) is 1.81. The van der Waals surface area contributed by atoms with Crippen molar-refractivity contribution in [3.63, 3.8) is 0 Å². The van der Waals surface area contributed by atoms with Crippen molar-refractivity contribution in [3.8, 4) is 0 Å². The van der Waals surface area contributed by atoms with Crippen molar-refractivity contribution in [2.75, 3.05) is 19.6 Å². The number of carbonyl (C=O) groups is 2. The van der Waals surface area contributed by atoms with Gasteiger partial charge in [-0.3, -0.25) is 9.59 Å². The first-order chi connectivity index (χ1) is 8.39. The lowest BCUT2D eigenvalue weighted by Gasteiger charge is -2.17. The predicted molar refractivity (Wildman–Crippen MR) is 71.1 cm³/mol. The SMILES string of the molecule is CC(C)(C)C(=O)NCCC(=O)NCC1CCCN1. The average Bonchev–Trinajstić information content (AvgIpc) is 2.77. The van der Waals surface area contributed by atoms with Crippen LogP contribution in [0.2, 0.25) is 0 Å². The van der Waals surface area contributed by atoms with Crippen molar-refractivity contribution in [2.45, 2.75) is 46.1 Å². The van der Waals surface area contributed by atoms with Crippen LogP contribution >= 0.6 is 0 Å². The summed E-state index contributed by atoms with van der Waals surface area (Å²) in [5.74, 6) is -0.0225. The van der Waals surface area contributed by atoms with Crippen molar-refractivity contribution in [3.05, 3.63) is 0 Å². The van der Waals surface area contributed by atoms with Gasteiger partial charge in [0.2, 0.25) is 11.8 Å². The van der Waals surface area contributed by atoms with Gasteiger partial charge in [-0.15, -0.1) is 0 Å². The Morgan fingerprint density at radius 3 is 2.56 bits per heavy atom. The fourth-order valence-electron chi connectivity index (χ4n) is 1.81. The lowest BCUT2D eigenvalue weighted by molar-refractivity contribution is -0.128. The maximum Gasteiger partial charge on any atom is 0.225 e. The monoisotopic (exact) mass is 255 g/mol. The third kappa shape index (κ3) is 5.49. The minimum absolute atomic E-state index is 0.00194. The van der Waals surface area contributed by atoms with Crippen LogP contribution in [-0.2, 0) is 9.59 Å². The van der Waals surface area contributed by atoms with Crippen LogP contribution in [0.3, 0.4) is 0 Å². The topological polar surface area (TPSA) is 70.2 Å². The van der Waals surface area contributed by atoms with E-state index in [4.69, 9.17) is 0 Å². The Bertz CT molecular complexity index is 291. The predicted octanol–water partition coefficient (Wildman–Crippen LogP) is 0.407. The molecule has 1 aliphatic rings. The zero-order valence-electron chi connectivity index (χ0n) is 11.6. The standard InChI is InChI=1S/C13H25N3O2/c1-13(2,3)12(18)15-8-6-11(17)16-9-10-5-4-7-14-10/h10,14H,4-9H2,1-3H3,(H,15,18)(H,16,17). The first-order valence-electron chi connectivity index (χ1n) is 6.68. The van der Waals surface area contributed by atoms with Crippen molar-refractivity contribution < 1.29 is 9.59 Å². The van der Waals surface area contributed by atoms with E-state index in [1.807, 2.05) is 20.8 Å². The van der Waals surface area contributed by atoms with Crippen molar-refractivity contribution in [1.82, 2.24) is 16.0 Å². The van der Waals surface area contributed by atoms with Crippen LogP contribution in [0.4, 0.5) is 0 Å². The lowest BCUT2D eigenvalue weighted by Crippen LogP contribution is -2.40. The summed E-state index contributed by atoms with van der Waals surface area (Å²) in [5.41, 5.74) is -0.399. The van der Waals surface area contributed by atoms with Gasteiger partial charge in [-0.2, -0.15) is 0 Å². The lowest BCUT2D eigenvalue weighted by atomic mass is 9.96. The molecule has 1 rings (SSSR count). The molecule has 0 aliphatic carbocycles. The largest absolute Gasteiger partial charge is 0.355 e. The first kappa shape index (κ1) is 15.0. The number of nitrogens with one attached hydrogen (secondary N) is 3. The van der Waals surface area contributed by atoms with Gasteiger partial charge < -0.3 is 16.0 Å². The van der Waals surface area contributed by atoms with Gasteiger partial charge in [0, 0.05) is 31.0 Å². The van der Waals surface area contributed by atoms with E-state index in [0.717, 1.165) is 13.0 Å². The summed E-state index contributed by atoms with van der Waals surface area (Å²) in [6.07, 6.45) is 2.65. The van der Waals surface area contributed by atoms with Crippen LogP contribution < -0.4 is 16.0 Å². The number of rotatable bonds is 5. The molecule has 0 aromatic heterocycles. The van der Waals surface area contributed by atoms with Gasteiger partial charge in [-0.25, -0.2) is 0 Å². The molecule has 0 aromatic rings. The van der Waals surface area contributed by atoms with E-state index >= 15 is 0 Å². The third-order valence-corrected chi connectivity index (χ3v) is 3.03. The van der Waals surface area contributed by atoms with Crippen molar-refractivity contribution in [1.29, 1.82) is 0 Å². The Hall–Kier alpha value is -1.10. The first-order valence-corrected chi connectivity index (χ1v) is 6.68. The molecule has 2 amide bonds. The molecule has 1 heterocycles. The van der Waals surface area contributed by atoms with E-state index in [2.05, 4.69) is 16.0 Å². The smallest absolute Gasteiger partial charge is 0.225 e. The Kier molecular flexibility index (Phi) is 5.59. The van der Waals surface area contributed by atoms with Crippen molar-refractivity contribution in [2.24, 2.45) is 5.41 Å². The molecule has 0 saturated carbocycles. The van der Waals surface area contributed by atoms with Gasteiger partial charge in [-0.1, -0.05) is 20.8 Å². The molecular weight excluding hydrogens is 230 g/mol. The molecule has 1 unspecified atom stereocenters. The number of amides is 2. The quantitative estimate of drug-likeness (QED) is 0.666. The van der Waals surface area contributed by atoms with Crippen molar-refractivity contribution >= 4 is 11.8 Å². The molecule has 0 bridgehead atoms. The van der Waals surface area contributed by atoms with E-state index in [1.54, 1.807) is 0 Å². The molecule has 0 spiro atoms. The highest BCUT2D eigenvalue weighted by atomic mass is 16.2. The highest BCUT2D eigenvalue weighted by molar-refractivity contribution is 5.82. The Morgan fingerprint density at radius 2 is 2.00 bits per heavy atom. The Balaban J connectivity index is 2.08. The van der Waals surface area contributed by atoms with Crippen LogP contribution in [-0.4, -0.2) is 37.5 Å². The van der Waals surface area contributed by atoms with E-state index in [1.165, 1.54) is 6.42 Å².